The molecule has 1 saturated carbocycles. The summed E-state index contributed by atoms with van der Waals surface area (Å²) in [6.45, 7) is 2.30. The second-order valence-electron chi connectivity index (χ2n) is 5.76. The number of fused-ring (bicyclic) bond motifs is 1. The van der Waals surface area contributed by atoms with Crippen LogP contribution in [0, 0.1) is 5.92 Å². The summed E-state index contributed by atoms with van der Waals surface area (Å²) in [5, 5.41) is 23.5. The van der Waals surface area contributed by atoms with Crippen LogP contribution in [-0.4, -0.2) is 37.1 Å². The summed E-state index contributed by atoms with van der Waals surface area (Å²) < 4.78 is 1.22. The number of anilines is 1. The van der Waals surface area contributed by atoms with Gasteiger partial charge in [0, 0.05) is 0 Å². The zero-order valence-electron chi connectivity index (χ0n) is 11.5. The van der Waals surface area contributed by atoms with Crippen LogP contribution in [0.2, 0.25) is 0 Å². The van der Waals surface area contributed by atoms with Crippen molar-refractivity contribution in [2.24, 2.45) is 5.92 Å². The number of rotatable bonds is 3. The van der Waals surface area contributed by atoms with Crippen molar-refractivity contribution in [1.29, 1.82) is 0 Å². The normalized spacial score (nSPS) is 26.8. The van der Waals surface area contributed by atoms with Gasteiger partial charge in [0.05, 0.1) is 12.1 Å². The van der Waals surface area contributed by atoms with Crippen LogP contribution in [0.1, 0.15) is 32.6 Å². The number of aromatic amines is 1. The lowest BCUT2D eigenvalue weighted by molar-refractivity contribution is 0.155. The Morgan fingerprint density at radius 1 is 1.50 bits per heavy atom. The van der Waals surface area contributed by atoms with E-state index >= 15 is 0 Å². The second kappa shape index (κ2) is 4.90. The molecule has 0 aliphatic heterocycles. The highest BCUT2D eigenvalue weighted by molar-refractivity contribution is 5.44. The maximum Gasteiger partial charge on any atom is 0.364 e. The van der Waals surface area contributed by atoms with Gasteiger partial charge in [-0.3, -0.25) is 0 Å². The molecular formula is C13H19N5O2. The molecule has 2 aromatic heterocycles. The molecule has 0 unspecified atom stereocenters. The lowest BCUT2D eigenvalue weighted by Crippen LogP contribution is -2.45. The van der Waals surface area contributed by atoms with Crippen LogP contribution in [0.4, 0.5) is 5.82 Å². The van der Waals surface area contributed by atoms with Crippen molar-refractivity contribution in [3.05, 3.63) is 22.6 Å². The van der Waals surface area contributed by atoms with E-state index in [0.717, 1.165) is 25.7 Å². The van der Waals surface area contributed by atoms with Crippen molar-refractivity contribution in [1.82, 2.24) is 19.8 Å². The van der Waals surface area contributed by atoms with Crippen LogP contribution in [0.3, 0.4) is 0 Å². The Balaban J connectivity index is 1.87. The number of aliphatic hydroxyl groups excluding tert-OH is 1. The molecule has 0 atom stereocenters. The van der Waals surface area contributed by atoms with Crippen LogP contribution >= 0.6 is 0 Å². The highest BCUT2D eigenvalue weighted by Gasteiger charge is 2.33. The Labute approximate surface area is 116 Å². The summed E-state index contributed by atoms with van der Waals surface area (Å²) in [4.78, 5) is 11.5. The summed E-state index contributed by atoms with van der Waals surface area (Å²) in [7, 11) is 0. The molecule has 0 amide bonds. The van der Waals surface area contributed by atoms with E-state index in [0.29, 0.717) is 17.4 Å². The molecule has 0 radical (unpaired) electrons. The third-order valence-electron chi connectivity index (χ3n) is 4.20. The fraction of sp³-hybridized carbons (Fsp3) is 0.615. The van der Waals surface area contributed by atoms with Gasteiger partial charge >= 0.3 is 5.69 Å². The Kier molecular flexibility index (Phi) is 3.21. The molecule has 20 heavy (non-hydrogen) atoms. The molecule has 3 N–H and O–H groups in total. The molecule has 1 aliphatic carbocycles. The molecule has 108 valence electrons. The minimum absolute atomic E-state index is 0.0692. The van der Waals surface area contributed by atoms with Crippen molar-refractivity contribution in [3.63, 3.8) is 0 Å². The van der Waals surface area contributed by atoms with Gasteiger partial charge in [0.25, 0.3) is 0 Å². The fourth-order valence-electron chi connectivity index (χ4n) is 2.78. The molecule has 1 aliphatic rings. The lowest BCUT2D eigenvalue weighted by atomic mass is 9.77. The first-order valence-corrected chi connectivity index (χ1v) is 6.95. The number of H-pyrrole nitrogens is 1. The molecule has 0 bridgehead atoms. The predicted molar refractivity (Wildman–Crippen MR) is 74.7 cm³/mol. The predicted octanol–water partition coefficient (Wildman–Crippen LogP) is 0.771. The highest BCUT2D eigenvalue weighted by atomic mass is 16.3. The molecule has 3 rings (SSSR count). The molecule has 0 saturated heterocycles. The molecule has 2 aromatic rings. The first kappa shape index (κ1) is 13.1. The number of hydrogen-bond donors (Lipinski definition) is 3. The summed E-state index contributed by atoms with van der Waals surface area (Å²) in [6, 6.07) is 3.51. The SMILES string of the molecule is CC1CCC(CO)(Nc2ccc3n[nH]c(=O)n3n2)CC1. The number of nitrogens with one attached hydrogen (secondary N) is 2. The van der Waals surface area contributed by atoms with E-state index in [2.05, 4.69) is 27.5 Å². The topological polar surface area (TPSA) is 95.3 Å². The van der Waals surface area contributed by atoms with Gasteiger partial charge in [-0.15, -0.1) is 5.10 Å². The Morgan fingerprint density at radius 3 is 2.95 bits per heavy atom. The van der Waals surface area contributed by atoms with Gasteiger partial charge in [0.1, 0.15) is 5.82 Å². The number of hydrogen-bond acceptors (Lipinski definition) is 5. The zero-order valence-corrected chi connectivity index (χ0v) is 11.5. The zero-order chi connectivity index (χ0) is 14.2. The van der Waals surface area contributed by atoms with Gasteiger partial charge < -0.3 is 10.4 Å². The molecule has 0 spiro atoms. The first-order chi connectivity index (χ1) is 9.62. The van der Waals surface area contributed by atoms with Crippen LogP contribution in [-0.2, 0) is 0 Å². The first-order valence-electron chi connectivity index (χ1n) is 6.95. The Hall–Kier alpha value is -1.89. The summed E-state index contributed by atoms with van der Waals surface area (Å²) in [5.74, 6) is 1.29. The van der Waals surface area contributed by atoms with E-state index < -0.39 is 0 Å². The van der Waals surface area contributed by atoms with Crippen molar-refractivity contribution < 1.29 is 5.11 Å². The third-order valence-corrected chi connectivity index (χ3v) is 4.20. The monoisotopic (exact) mass is 277 g/mol. The van der Waals surface area contributed by atoms with Crippen molar-refractivity contribution in [2.75, 3.05) is 11.9 Å². The second-order valence-corrected chi connectivity index (χ2v) is 5.76. The van der Waals surface area contributed by atoms with Crippen LogP contribution in [0.5, 0.6) is 0 Å². The fourth-order valence-corrected chi connectivity index (χ4v) is 2.78. The van der Waals surface area contributed by atoms with Crippen molar-refractivity contribution in [3.8, 4) is 0 Å². The average molecular weight is 277 g/mol. The molecule has 7 nitrogen and oxygen atoms in total. The van der Waals surface area contributed by atoms with E-state index in [1.807, 2.05) is 0 Å². The van der Waals surface area contributed by atoms with E-state index in [4.69, 9.17) is 0 Å². The average Bonchev–Trinajstić information content (AvgIpc) is 2.83. The summed E-state index contributed by atoms with van der Waals surface area (Å²) in [6.07, 6.45) is 3.98. The number of aromatic nitrogens is 4. The van der Waals surface area contributed by atoms with Gasteiger partial charge in [-0.05, 0) is 43.7 Å². The van der Waals surface area contributed by atoms with Crippen LogP contribution < -0.4 is 11.0 Å². The Bertz CT molecular complexity index is 654. The lowest BCUT2D eigenvalue weighted by Gasteiger charge is -2.39. The molecule has 2 heterocycles. The maximum absolute atomic E-state index is 11.5. The van der Waals surface area contributed by atoms with Crippen molar-refractivity contribution in [2.45, 2.75) is 38.1 Å². The van der Waals surface area contributed by atoms with E-state index in [1.165, 1.54) is 4.52 Å². The standard InChI is InChI=1S/C13H19N5O2/c1-9-4-6-13(8-19,7-5-9)14-10-2-3-11-15-16-12(20)18(11)17-10/h2-3,9,19H,4-8H2,1H3,(H,14,17)(H,16,20). The molecular weight excluding hydrogens is 258 g/mol. The van der Waals surface area contributed by atoms with Crippen molar-refractivity contribution >= 4 is 11.5 Å². The minimum atomic E-state index is -0.362. The third kappa shape index (κ3) is 2.29. The Morgan fingerprint density at radius 2 is 2.25 bits per heavy atom. The molecule has 1 fully saturated rings. The smallest absolute Gasteiger partial charge is 0.364 e. The maximum atomic E-state index is 11.5. The van der Waals surface area contributed by atoms with Gasteiger partial charge in [0.2, 0.25) is 0 Å². The highest BCUT2D eigenvalue weighted by Crippen LogP contribution is 2.33. The number of nitrogens with zero attached hydrogens (tertiary/aromatic N) is 3. The van der Waals surface area contributed by atoms with E-state index in [9.17, 15) is 9.90 Å². The molecule has 7 heteroatoms. The summed E-state index contributed by atoms with van der Waals surface area (Å²) >= 11 is 0. The number of aliphatic hydroxyl groups is 1. The van der Waals surface area contributed by atoms with Crippen LogP contribution in [0.25, 0.3) is 5.65 Å². The summed E-state index contributed by atoms with van der Waals surface area (Å²) in [5.41, 5.74) is -0.213. The quantitative estimate of drug-likeness (QED) is 0.770. The van der Waals surface area contributed by atoms with Gasteiger partial charge in [-0.2, -0.15) is 9.61 Å². The largest absolute Gasteiger partial charge is 0.394 e. The van der Waals surface area contributed by atoms with Gasteiger partial charge in [-0.1, -0.05) is 6.92 Å². The van der Waals surface area contributed by atoms with Crippen LogP contribution in [0.15, 0.2) is 16.9 Å². The van der Waals surface area contributed by atoms with Gasteiger partial charge in [-0.25, -0.2) is 9.89 Å². The van der Waals surface area contributed by atoms with Gasteiger partial charge in [0.15, 0.2) is 5.65 Å². The molecule has 0 aromatic carbocycles. The van der Waals surface area contributed by atoms with E-state index in [1.54, 1.807) is 12.1 Å². The minimum Gasteiger partial charge on any atom is -0.394 e. The van der Waals surface area contributed by atoms with E-state index in [-0.39, 0.29) is 17.8 Å².